The third-order valence-electron chi connectivity index (χ3n) is 3.49. The van der Waals surface area contributed by atoms with Crippen molar-refractivity contribution in [2.45, 2.75) is 39.9 Å². The standard InChI is InChI=1S/C13H25N7O/c1-5-19(6-2)12-15-11(18-14)16-13(17-12)20-7-9(3)21-10(4)8-20/h9-10H,5-8,14H2,1-4H3,(H,15,16,17,18)/t9-,10+. The number of nitrogens with one attached hydrogen (secondary N) is 1. The van der Waals surface area contributed by atoms with Gasteiger partial charge in [0.1, 0.15) is 0 Å². The zero-order chi connectivity index (χ0) is 15.4. The maximum absolute atomic E-state index is 5.75. The number of rotatable bonds is 5. The van der Waals surface area contributed by atoms with E-state index in [1.165, 1.54) is 0 Å². The summed E-state index contributed by atoms with van der Waals surface area (Å²) >= 11 is 0. The predicted molar refractivity (Wildman–Crippen MR) is 83.4 cm³/mol. The minimum absolute atomic E-state index is 0.150. The molecule has 1 aliphatic rings. The molecule has 21 heavy (non-hydrogen) atoms. The van der Waals surface area contributed by atoms with E-state index in [9.17, 15) is 0 Å². The van der Waals surface area contributed by atoms with Crippen molar-refractivity contribution in [1.29, 1.82) is 0 Å². The highest BCUT2D eigenvalue weighted by molar-refractivity contribution is 5.45. The van der Waals surface area contributed by atoms with E-state index < -0.39 is 0 Å². The summed E-state index contributed by atoms with van der Waals surface area (Å²) in [7, 11) is 0. The molecule has 0 amide bonds. The minimum Gasteiger partial charge on any atom is -0.372 e. The average Bonchev–Trinajstić information content (AvgIpc) is 2.47. The van der Waals surface area contributed by atoms with Crippen molar-refractivity contribution >= 4 is 17.8 Å². The Hall–Kier alpha value is -1.67. The van der Waals surface area contributed by atoms with Crippen LogP contribution in [0.2, 0.25) is 0 Å². The van der Waals surface area contributed by atoms with Gasteiger partial charge in [-0.3, -0.25) is 5.43 Å². The smallest absolute Gasteiger partial charge is 0.243 e. The summed E-state index contributed by atoms with van der Waals surface area (Å²) in [6.07, 6.45) is 0.299. The second kappa shape index (κ2) is 6.86. The summed E-state index contributed by atoms with van der Waals surface area (Å²) in [6.45, 7) is 11.4. The first kappa shape index (κ1) is 15.7. The third-order valence-corrected chi connectivity index (χ3v) is 3.49. The van der Waals surface area contributed by atoms with E-state index in [1.807, 2.05) is 0 Å². The molecule has 0 unspecified atom stereocenters. The highest BCUT2D eigenvalue weighted by atomic mass is 16.5. The van der Waals surface area contributed by atoms with E-state index in [1.54, 1.807) is 0 Å². The maximum Gasteiger partial charge on any atom is 0.243 e. The molecular weight excluding hydrogens is 270 g/mol. The van der Waals surface area contributed by atoms with E-state index in [-0.39, 0.29) is 12.2 Å². The molecule has 1 saturated heterocycles. The van der Waals surface area contributed by atoms with E-state index >= 15 is 0 Å². The van der Waals surface area contributed by atoms with Gasteiger partial charge in [-0.15, -0.1) is 0 Å². The molecule has 0 bridgehead atoms. The van der Waals surface area contributed by atoms with E-state index in [0.29, 0.717) is 17.8 Å². The molecule has 3 N–H and O–H groups in total. The van der Waals surface area contributed by atoms with Crippen molar-refractivity contribution in [3.05, 3.63) is 0 Å². The van der Waals surface area contributed by atoms with Crippen LogP contribution in [0.15, 0.2) is 0 Å². The molecule has 0 spiro atoms. The first-order valence-electron chi connectivity index (χ1n) is 7.45. The van der Waals surface area contributed by atoms with Crippen molar-refractivity contribution in [3.63, 3.8) is 0 Å². The van der Waals surface area contributed by atoms with Crippen LogP contribution in [-0.4, -0.2) is 53.3 Å². The summed E-state index contributed by atoms with van der Waals surface area (Å²) in [5, 5.41) is 0. The molecule has 2 rings (SSSR count). The van der Waals surface area contributed by atoms with Gasteiger partial charge >= 0.3 is 0 Å². The number of hydrogen-bond acceptors (Lipinski definition) is 8. The van der Waals surface area contributed by atoms with Crippen LogP contribution in [0.25, 0.3) is 0 Å². The Labute approximate surface area is 125 Å². The molecule has 1 aromatic rings. The van der Waals surface area contributed by atoms with Gasteiger partial charge in [-0.1, -0.05) is 0 Å². The molecule has 1 fully saturated rings. The van der Waals surface area contributed by atoms with Crippen LogP contribution in [0.4, 0.5) is 17.8 Å². The number of anilines is 3. The molecule has 8 heteroatoms. The van der Waals surface area contributed by atoms with Gasteiger partial charge in [0, 0.05) is 26.2 Å². The first-order valence-corrected chi connectivity index (χ1v) is 7.45. The van der Waals surface area contributed by atoms with Gasteiger partial charge in [0.15, 0.2) is 0 Å². The van der Waals surface area contributed by atoms with Crippen LogP contribution in [-0.2, 0) is 4.74 Å². The summed E-state index contributed by atoms with van der Waals surface area (Å²) in [5.41, 5.74) is 2.53. The fraction of sp³-hybridized carbons (Fsp3) is 0.769. The zero-order valence-corrected chi connectivity index (χ0v) is 13.2. The van der Waals surface area contributed by atoms with Gasteiger partial charge in [0.25, 0.3) is 0 Å². The molecule has 118 valence electrons. The van der Waals surface area contributed by atoms with Gasteiger partial charge in [0.05, 0.1) is 12.2 Å². The Morgan fingerprint density at radius 2 is 1.81 bits per heavy atom. The van der Waals surface area contributed by atoms with Crippen LogP contribution in [0, 0.1) is 0 Å². The number of nitrogens with zero attached hydrogens (tertiary/aromatic N) is 5. The predicted octanol–water partition coefficient (Wildman–Crippen LogP) is 0.617. The van der Waals surface area contributed by atoms with Gasteiger partial charge < -0.3 is 14.5 Å². The lowest BCUT2D eigenvalue weighted by atomic mass is 10.2. The minimum atomic E-state index is 0.150. The van der Waals surface area contributed by atoms with Gasteiger partial charge in [-0.2, -0.15) is 15.0 Å². The van der Waals surface area contributed by atoms with Crippen molar-refractivity contribution in [2.24, 2.45) is 5.84 Å². The van der Waals surface area contributed by atoms with E-state index in [0.717, 1.165) is 26.2 Å². The van der Waals surface area contributed by atoms with Crippen LogP contribution in [0.1, 0.15) is 27.7 Å². The summed E-state index contributed by atoms with van der Waals surface area (Å²) in [5.74, 6) is 7.16. The molecule has 2 atom stereocenters. The lowest BCUT2D eigenvalue weighted by Crippen LogP contribution is -2.46. The maximum atomic E-state index is 5.75. The summed E-state index contributed by atoms with van der Waals surface area (Å²) < 4.78 is 5.75. The number of ether oxygens (including phenoxy) is 1. The number of nitrogens with two attached hydrogens (primary N) is 1. The molecule has 0 aliphatic carbocycles. The van der Waals surface area contributed by atoms with Gasteiger partial charge in [0.2, 0.25) is 17.8 Å². The van der Waals surface area contributed by atoms with Gasteiger partial charge in [-0.05, 0) is 27.7 Å². The topological polar surface area (TPSA) is 92.4 Å². The zero-order valence-electron chi connectivity index (χ0n) is 13.2. The number of nitrogen functional groups attached to an aromatic ring is 1. The second-order valence-corrected chi connectivity index (χ2v) is 5.24. The van der Waals surface area contributed by atoms with Crippen LogP contribution in [0.5, 0.6) is 0 Å². The highest BCUT2D eigenvalue weighted by Crippen LogP contribution is 2.20. The number of hydrazine groups is 1. The Bertz CT molecular complexity index is 456. The van der Waals surface area contributed by atoms with Crippen molar-refractivity contribution < 1.29 is 4.74 Å². The molecule has 0 aromatic carbocycles. The molecular formula is C13H25N7O. The highest BCUT2D eigenvalue weighted by Gasteiger charge is 2.25. The normalized spacial score (nSPS) is 22.2. The van der Waals surface area contributed by atoms with Crippen molar-refractivity contribution in [1.82, 2.24) is 15.0 Å². The Morgan fingerprint density at radius 3 is 2.33 bits per heavy atom. The van der Waals surface area contributed by atoms with E-state index in [4.69, 9.17) is 10.6 Å². The molecule has 2 heterocycles. The lowest BCUT2D eigenvalue weighted by molar-refractivity contribution is -0.00572. The van der Waals surface area contributed by atoms with Crippen LogP contribution >= 0.6 is 0 Å². The Kier molecular flexibility index (Phi) is 5.13. The first-order chi connectivity index (χ1) is 10.1. The molecule has 1 aromatic heterocycles. The third kappa shape index (κ3) is 3.70. The Balaban J connectivity index is 2.31. The summed E-state index contributed by atoms with van der Waals surface area (Å²) in [6, 6.07) is 0. The molecule has 0 saturated carbocycles. The van der Waals surface area contributed by atoms with Crippen LogP contribution < -0.4 is 21.1 Å². The summed E-state index contributed by atoms with van der Waals surface area (Å²) in [4.78, 5) is 17.5. The molecule has 1 aliphatic heterocycles. The Morgan fingerprint density at radius 1 is 1.19 bits per heavy atom. The van der Waals surface area contributed by atoms with E-state index in [2.05, 4.69) is 57.9 Å². The monoisotopic (exact) mass is 295 g/mol. The largest absolute Gasteiger partial charge is 0.372 e. The second-order valence-electron chi connectivity index (χ2n) is 5.24. The SMILES string of the molecule is CCN(CC)c1nc(NN)nc(N2C[C@@H](C)O[C@@H](C)C2)n1. The molecule has 0 radical (unpaired) electrons. The fourth-order valence-corrected chi connectivity index (χ4v) is 2.55. The quantitative estimate of drug-likeness (QED) is 0.603. The van der Waals surface area contributed by atoms with Gasteiger partial charge in [-0.25, -0.2) is 5.84 Å². The van der Waals surface area contributed by atoms with Crippen molar-refractivity contribution in [2.75, 3.05) is 41.4 Å². The van der Waals surface area contributed by atoms with Crippen LogP contribution in [0.3, 0.4) is 0 Å². The number of morpholine rings is 1. The fourth-order valence-electron chi connectivity index (χ4n) is 2.55. The van der Waals surface area contributed by atoms with Crippen molar-refractivity contribution in [3.8, 4) is 0 Å². The number of aromatic nitrogens is 3. The average molecular weight is 295 g/mol. The number of hydrogen-bond donors (Lipinski definition) is 2. The molecule has 8 nitrogen and oxygen atoms in total. The lowest BCUT2D eigenvalue weighted by Gasteiger charge is -2.35.